The molecule has 0 unspecified atom stereocenters. The maximum Gasteiger partial charge on any atom is 0.127 e. The maximum atomic E-state index is 4.29. The Balaban J connectivity index is 2.61. The molecule has 66 valence electrons. The summed E-state index contributed by atoms with van der Waals surface area (Å²) in [6.45, 7) is 4.28. The van der Waals surface area contributed by atoms with Gasteiger partial charge in [0.1, 0.15) is 11.0 Å². The van der Waals surface area contributed by atoms with E-state index in [9.17, 15) is 0 Å². The summed E-state index contributed by atoms with van der Waals surface area (Å²) >= 11 is 3.42. The summed E-state index contributed by atoms with van der Waals surface area (Å²) < 4.78 is 0.973. The largest absolute Gasteiger partial charge is 0.180 e. The molecule has 0 fully saturated rings. The summed E-state index contributed by atoms with van der Waals surface area (Å²) in [6, 6.07) is 5.83. The number of allylic oxidation sites excluding steroid dienone is 1. The summed E-state index contributed by atoms with van der Waals surface area (Å²) in [7, 11) is 0. The second-order valence-corrected chi connectivity index (χ2v) is 3.51. The molecule has 0 atom stereocenters. The first-order valence-electron chi connectivity index (χ1n) is 3.91. The van der Waals surface area contributed by atoms with Crippen LogP contribution in [0.5, 0.6) is 0 Å². The van der Waals surface area contributed by atoms with Crippen molar-refractivity contribution in [1.82, 2.24) is 15.0 Å². The number of aromatic nitrogens is 3. The van der Waals surface area contributed by atoms with Gasteiger partial charge in [0.25, 0.3) is 0 Å². The molecule has 13 heavy (non-hydrogen) atoms. The van der Waals surface area contributed by atoms with Crippen molar-refractivity contribution >= 4 is 27.0 Å². The zero-order valence-electron chi connectivity index (χ0n) is 6.94. The van der Waals surface area contributed by atoms with E-state index in [1.807, 2.05) is 18.2 Å². The molecule has 1 aromatic heterocycles. The van der Waals surface area contributed by atoms with Gasteiger partial charge in [-0.3, -0.25) is 0 Å². The average Bonchev–Trinajstić information content (AvgIpc) is 2.49. The summed E-state index contributed by atoms with van der Waals surface area (Å²) in [5.74, 6) is 0. The van der Waals surface area contributed by atoms with E-state index >= 15 is 0 Å². The molecule has 4 heteroatoms. The van der Waals surface area contributed by atoms with Gasteiger partial charge in [-0.05, 0) is 28.1 Å². The van der Waals surface area contributed by atoms with Gasteiger partial charge in [0.15, 0.2) is 0 Å². The van der Waals surface area contributed by atoms with Crippen molar-refractivity contribution < 1.29 is 0 Å². The van der Waals surface area contributed by atoms with Crippen LogP contribution in [0.1, 0.15) is 0 Å². The van der Waals surface area contributed by atoms with Gasteiger partial charge in [-0.2, -0.15) is 15.0 Å². The molecule has 2 rings (SSSR count). The van der Waals surface area contributed by atoms with Crippen LogP contribution in [0.25, 0.3) is 11.0 Å². The van der Waals surface area contributed by atoms with Crippen LogP contribution >= 0.6 is 15.9 Å². The smallest absolute Gasteiger partial charge is 0.127 e. The Bertz CT molecular complexity index is 447. The highest BCUT2D eigenvalue weighted by atomic mass is 79.9. The Hall–Kier alpha value is -1.16. The third-order valence-corrected chi connectivity index (χ3v) is 2.34. The quantitative estimate of drug-likeness (QED) is 0.752. The van der Waals surface area contributed by atoms with Crippen LogP contribution in [0.2, 0.25) is 0 Å². The minimum absolute atomic E-state index is 0.640. The van der Waals surface area contributed by atoms with Gasteiger partial charge in [0, 0.05) is 4.47 Å². The van der Waals surface area contributed by atoms with Crippen molar-refractivity contribution in [3.8, 4) is 0 Å². The van der Waals surface area contributed by atoms with Gasteiger partial charge in [0.2, 0.25) is 0 Å². The molecule has 1 aromatic carbocycles. The zero-order chi connectivity index (χ0) is 9.26. The first-order chi connectivity index (χ1) is 6.31. The third-order valence-electron chi connectivity index (χ3n) is 1.70. The highest BCUT2D eigenvalue weighted by Gasteiger charge is 2.03. The summed E-state index contributed by atoms with van der Waals surface area (Å²) in [6.07, 6.45) is 1.77. The van der Waals surface area contributed by atoms with Gasteiger partial charge in [-0.1, -0.05) is 12.1 Å². The Labute approximate surface area is 84.2 Å². The number of halogens is 1. The van der Waals surface area contributed by atoms with E-state index < -0.39 is 0 Å². The number of benzene rings is 1. The highest BCUT2D eigenvalue weighted by Crippen LogP contribution is 2.19. The van der Waals surface area contributed by atoms with E-state index in [0.717, 1.165) is 15.5 Å². The average molecular weight is 238 g/mol. The van der Waals surface area contributed by atoms with E-state index in [2.05, 4.69) is 32.7 Å². The molecule has 0 bridgehead atoms. The van der Waals surface area contributed by atoms with E-state index in [1.54, 1.807) is 10.9 Å². The minimum Gasteiger partial charge on any atom is -0.180 e. The van der Waals surface area contributed by atoms with Crippen molar-refractivity contribution in [3.63, 3.8) is 0 Å². The molecule has 0 aliphatic heterocycles. The number of hydrogen-bond acceptors (Lipinski definition) is 2. The lowest BCUT2D eigenvalue weighted by molar-refractivity contribution is 0.612. The molecule has 0 aliphatic carbocycles. The first kappa shape index (κ1) is 8.44. The Morgan fingerprint density at radius 2 is 2.31 bits per heavy atom. The highest BCUT2D eigenvalue weighted by molar-refractivity contribution is 9.10. The fourth-order valence-corrected chi connectivity index (χ4v) is 1.58. The molecule has 0 radical (unpaired) electrons. The molecule has 0 aliphatic rings. The van der Waals surface area contributed by atoms with E-state index in [0.29, 0.717) is 6.54 Å². The van der Waals surface area contributed by atoms with E-state index in [4.69, 9.17) is 0 Å². The van der Waals surface area contributed by atoms with Crippen LogP contribution in [0.15, 0.2) is 35.3 Å². The minimum atomic E-state index is 0.640. The third kappa shape index (κ3) is 1.49. The van der Waals surface area contributed by atoms with Crippen LogP contribution in [-0.2, 0) is 6.54 Å². The van der Waals surface area contributed by atoms with Crippen molar-refractivity contribution in [2.24, 2.45) is 0 Å². The molecule has 0 N–H and O–H groups in total. The monoisotopic (exact) mass is 237 g/mol. The van der Waals surface area contributed by atoms with E-state index in [-0.39, 0.29) is 0 Å². The second-order valence-electron chi connectivity index (χ2n) is 2.65. The van der Waals surface area contributed by atoms with Gasteiger partial charge >= 0.3 is 0 Å². The Morgan fingerprint density at radius 3 is 3.00 bits per heavy atom. The van der Waals surface area contributed by atoms with Gasteiger partial charge in [-0.25, -0.2) is 0 Å². The van der Waals surface area contributed by atoms with Crippen molar-refractivity contribution in [2.75, 3.05) is 0 Å². The SMILES string of the molecule is C=CCn1nc2cccc(Br)c2n1. The predicted molar refractivity (Wildman–Crippen MR) is 55.4 cm³/mol. The summed E-state index contributed by atoms with van der Waals surface area (Å²) in [5.41, 5.74) is 1.79. The molecular formula is C9H8BrN3. The van der Waals surface area contributed by atoms with Crippen molar-refractivity contribution in [3.05, 3.63) is 35.3 Å². The van der Waals surface area contributed by atoms with Crippen molar-refractivity contribution in [1.29, 1.82) is 0 Å². The molecule has 0 saturated heterocycles. The fraction of sp³-hybridized carbons (Fsp3) is 0.111. The molecule has 0 saturated carbocycles. The number of nitrogens with zero attached hydrogens (tertiary/aromatic N) is 3. The maximum absolute atomic E-state index is 4.29. The molecule has 3 nitrogen and oxygen atoms in total. The number of hydrogen-bond donors (Lipinski definition) is 0. The number of rotatable bonds is 2. The lowest BCUT2D eigenvalue weighted by Gasteiger charge is -1.88. The Kier molecular flexibility index (Phi) is 2.14. The molecular weight excluding hydrogens is 230 g/mol. The molecule has 2 aromatic rings. The predicted octanol–water partition coefficient (Wildman–Crippen LogP) is 2.38. The molecule has 0 spiro atoms. The Morgan fingerprint density at radius 1 is 1.46 bits per heavy atom. The van der Waals surface area contributed by atoms with Gasteiger partial charge < -0.3 is 0 Å². The first-order valence-corrected chi connectivity index (χ1v) is 4.71. The summed E-state index contributed by atoms with van der Waals surface area (Å²) in [5, 5.41) is 8.56. The van der Waals surface area contributed by atoms with Crippen LogP contribution in [-0.4, -0.2) is 15.0 Å². The van der Waals surface area contributed by atoms with E-state index in [1.165, 1.54) is 0 Å². The topological polar surface area (TPSA) is 30.7 Å². The van der Waals surface area contributed by atoms with Gasteiger partial charge in [0.05, 0.1) is 6.54 Å². The van der Waals surface area contributed by atoms with Gasteiger partial charge in [-0.15, -0.1) is 6.58 Å². The van der Waals surface area contributed by atoms with Crippen LogP contribution in [0.3, 0.4) is 0 Å². The molecule has 0 amide bonds. The zero-order valence-corrected chi connectivity index (χ0v) is 8.53. The number of fused-ring (bicyclic) bond motifs is 1. The van der Waals surface area contributed by atoms with Crippen LogP contribution in [0.4, 0.5) is 0 Å². The second kappa shape index (κ2) is 3.30. The van der Waals surface area contributed by atoms with Crippen LogP contribution < -0.4 is 0 Å². The van der Waals surface area contributed by atoms with Crippen LogP contribution in [0, 0.1) is 0 Å². The summed E-state index contributed by atoms with van der Waals surface area (Å²) in [4.78, 5) is 1.63. The standard InChI is InChI=1S/C9H8BrN3/c1-2-6-13-11-8-5-3-4-7(10)9(8)12-13/h2-5H,1,6H2. The normalized spacial score (nSPS) is 10.5. The lowest BCUT2D eigenvalue weighted by Crippen LogP contribution is -1.98. The fourth-order valence-electron chi connectivity index (χ4n) is 1.14. The lowest BCUT2D eigenvalue weighted by atomic mass is 10.3. The van der Waals surface area contributed by atoms with Crippen molar-refractivity contribution in [2.45, 2.75) is 6.54 Å². The molecule has 1 heterocycles.